The summed E-state index contributed by atoms with van der Waals surface area (Å²) >= 11 is 3.88. The largest absolute Gasteiger partial charge is 0.386 e. The maximum Gasteiger partial charge on any atom is 0.129 e. The highest BCUT2D eigenvalue weighted by Gasteiger charge is 2.41. The zero-order valence-electron chi connectivity index (χ0n) is 17.3. The zero-order chi connectivity index (χ0) is 19.6. The van der Waals surface area contributed by atoms with Gasteiger partial charge in [-0.2, -0.15) is 11.8 Å². The van der Waals surface area contributed by atoms with Gasteiger partial charge in [0.15, 0.2) is 0 Å². The lowest BCUT2D eigenvalue weighted by Gasteiger charge is -2.37. The highest BCUT2D eigenvalue weighted by Crippen LogP contribution is 2.44. The fourth-order valence-electron chi connectivity index (χ4n) is 2.60. The first-order valence-electron chi connectivity index (χ1n) is 9.72. The molecule has 1 aromatic rings. The van der Waals surface area contributed by atoms with E-state index in [1.807, 2.05) is 53.9 Å². The summed E-state index contributed by atoms with van der Waals surface area (Å²) in [6, 6.07) is 10.0. The van der Waals surface area contributed by atoms with Gasteiger partial charge < -0.3 is 5.11 Å². The number of unbranched alkanes of at least 4 members (excludes halogenated alkanes) is 1. The van der Waals surface area contributed by atoms with E-state index in [2.05, 4.69) is 51.9 Å². The third-order valence-corrected chi connectivity index (χ3v) is 8.11. The number of hydrogen-bond donors (Lipinski definition) is 1. The number of hydrogen-bond acceptors (Lipinski definition) is 3. The van der Waals surface area contributed by atoms with Crippen LogP contribution in [0.25, 0.3) is 0 Å². The van der Waals surface area contributed by atoms with Gasteiger partial charge in [-0.25, -0.2) is 0 Å². The Labute approximate surface area is 171 Å². The molecule has 4 heteroatoms. The van der Waals surface area contributed by atoms with Gasteiger partial charge in [0.25, 0.3) is 0 Å². The number of aliphatic hydroxyl groups excluding tert-OH is 1. The van der Waals surface area contributed by atoms with Gasteiger partial charge in [-0.15, -0.1) is 17.3 Å². The van der Waals surface area contributed by atoms with Crippen LogP contribution in [0.5, 0.6) is 0 Å². The second-order valence-corrected chi connectivity index (χ2v) is 15.4. The second kappa shape index (κ2) is 11.5. The maximum atomic E-state index is 11.3. The van der Waals surface area contributed by atoms with Crippen molar-refractivity contribution in [2.45, 2.75) is 64.1 Å². The van der Waals surface area contributed by atoms with Gasteiger partial charge in [-0.3, -0.25) is 0 Å². The zero-order valence-corrected chi connectivity index (χ0v) is 20.0. The first-order valence-corrected chi connectivity index (χ1v) is 15.4. The Bertz CT molecular complexity index is 571. The molecular formula is C22H36OS2Si. The minimum Gasteiger partial charge on any atom is -0.386 e. The smallest absolute Gasteiger partial charge is 0.129 e. The highest BCUT2D eigenvalue weighted by atomic mass is 32.2. The summed E-state index contributed by atoms with van der Waals surface area (Å²) in [6.07, 6.45) is 1.97. The summed E-state index contributed by atoms with van der Waals surface area (Å²) in [5.74, 6) is 7.23. The van der Waals surface area contributed by atoms with Crippen molar-refractivity contribution in [3.63, 3.8) is 0 Å². The summed E-state index contributed by atoms with van der Waals surface area (Å²) in [5, 5.41) is 11.3. The van der Waals surface area contributed by atoms with Gasteiger partial charge in [0.2, 0.25) is 0 Å². The molecule has 0 spiro atoms. The molecule has 1 nitrogen and oxygen atoms in total. The van der Waals surface area contributed by atoms with Crippen molar-refractivity contribution in [2.75, 3.05) is 17.3 Å². The molecule has 0 saturated heterocycles. The predicted molar refractivity (Wildman–Crippen MR) is 125 cm³/mol. The van der Waals surface area contributed by atoms with E-state index in [4.69, 9.17) is 0 Å². The van der Waals surface area contributed by atoms with Crippen LogP contribution < -0.4 is 0 Å². The average Bonchev–Trinajstić information content (AvgIpc) is 2.60. The van der Waals surface area contributed by atoms with E-state index in [1.165, 1.54) is 18.6 Å². The number of thioether (sulfide) groups is 2. The van der Waals surface area contributed by atoms with Crippen LogP contribution in [0.3, 0.4) is 0 Å². The van der Waals surface area contributed by atoms with E-state index in [0.29, 0.717) is 0 Å². The molecule has 2 atom stereocenters. The number of aliphatic hydroxyl groups is 1. The van der Waals surface area contributed by atoms with Crippen LogP contribution in [-0.2, 0) is 0 Å². The molecule has 0 aromatic heterocycles. The fraction of sp³-hybridized carbons (Fsp3) is 0.636. The van der Waals surface area contributed by atoms with Gasteiger partial charge in [0.05, 0.1) is 0 Å². The van der Waals surface area contributed by atoms with E-state index >= 15 is 0 Å². The average molecular weight is 409 g/mol. The lowest BCUT2D eigenvalue weighted by molar-refractivity contribution is 0.132. The Hall–Kier alpha value is -0.343. The summed E-state index contributed by atoms with van der Waals surface area (Å²) in [7, 11) is -1.52. The molecule has 0 radical (unpaired) electrons. The van der Waals surface area contributed by atoms with Gasteiger partial charge >= 0.3 is 0 Å². The van der Waals surface area contributed by atoms with Crippen LogP contribution in [0, 0.1) is 17.4 Å². The SMILES string of the molecule is CCCCSCCSC(C#C[Si](C)(C)C)(C(C)C)C(O)c1ccccc1. The molecule has 0 fully saturated rings. The minimum absolute atomic E-state index is 0.271. The summed E-state index contributed by atoms with van der Waals surface area (Å²) in [6.45, 7) is 13.4. The molecule has 0 bridgehead atoms. The Morgan fingerprint density at radius 1 is 1.08 bits per heavy atom. The molecule has 26 heavy (non-hydrogen) atoms. The van der Waals surface area contributed by atoms with Crippen molar-refractivity contribution in [3.8, 4) is 11.5 Å². The molecule has 0 aliphatic rings. The van der Waals surface area contributed by atoms with Gasteiger partial charge in [0, 0.05) is 11.5 Å². The van der Waals surface area contributed by atoms with Crippen molar-refractivity contribution in [2.24, 2.45) is 5.92 Å². The summed E-state index contributed by atoms with van der Waals surface area (Å²) in [4.78, 5) is 0. The molecule has 1 rings (SSSR count). The van der Waals surface area contributed by atoms with Crippen molar-refractivity contribution in [1.29, 1.82) is 0 Å². The van der Waals surface area contributed by atoms with E-state index in [1.54, 1.807) is 0 Å². The molecule has 0 heterocycles. The Balaban J connectivity index is 3.05. The van der Waals surface area contributed by atoms with Crippen LogP contribution in [0.15, 0.2) is 30.3 Å². The van der Waals surface area contributed by atoms with Crippen molar-refractivity contribution in [1.82, 2.24) is 0 Å². The summed E-state index contributed by atoms with van der Waals surface area (Å²) < 4.78 is -0.451. The van der Waals surface area contributed by atoms with Crippen molar-refractivity contribution >= 4 is 31.6 Å². The molecule has 0 aliphatic carbocycles. The summed E-state index contributed by atoms with van der Waals surface area (Å²) in [5.41, 5.74) is 4.53. The number of rotatable bonds is 10. The van der Waals surface area contributed by atoms with Crippen LogP contribution in [0.4, 0.5) is 0 Å². The highest BCUT2D eigenvalue weighted by molar-refractivity contribution is 8.03. The molecule has 1 aromatic carbocycles. The Kier molecular flexibility index (Phi) is 10.5. The van der Waals surface area contributed by atoms with Gasteiger partial charge in [-0.1, -0.05) is 83.1 Å². The molecular weight excluding hydrogens is 372 g/mol. The van der Waals surface area contributed by atoms with Gasteiger partial charge in [-0.05, 0) is 23.7 Å². The maximum absolute atomic E-state index is 11.3. The Morgan fingerprint density at radius 2 is 1.73 bits per heavy atom. The van der Waals surface area contributed by atoms with E-state index in [-0.39, 0.29) is 5.92 Å². The van der Waals surface area contributed by atoms with E-state index < -0.39 is 18.9 Å². The molecule has 0 aliphatic heterocycles. The molecule has 0 amide bonds. The van der Waals surface area contributed by atoms with Crippen LogP contribution in [-0.4, -0.2) is 35.2 Å². The molecule has 2 unspecified atom stereocenters. The Morgan fingerprint density at radius 3 is 2.27 bits per heavy atom. The third kappa shape index (κ3) is 7.72. The second-order valence-electron chi connectivity index (χ2n) is 8.08. The third-order valence-electron chi connectivity index (χ3n) is 4.22. The minimum atomic E-state index is -1.52. The quantitative estimate of drug-likeness (QED) is 0.280. The van der Waals surface area contributed by atoms with Crippen LogP contribution >= 0.6 is 23.5 Å². The lowest BCUT2D eigenvalue weighted by Crippen LogP contribution is -2.38. The molecule has 146 valence electrons. The van der Waals surface area contributed by atoms with E-state index in [9.17, 15) is 5.11 Å². The van der Waals surface area contributed by atoms with Crippen LogP contribution in [0.1, 0.15) is 45.3 Å². The van der Waals surface area contributed by atoms with Crippen LogP contribution in [0.2, 0.25) is 19.6 Å². The molecule has 1 N–H and O–H groups in total. The number of benzene rings is 1. The van der Waals surface area contributed by atoms with Crippen molar-refractivity contribution < 1.29 is 5.11 Å². The predicted octanol–water partition coefficient (Wildman–Crippen LogP) is 6.26. The normalized spacial score (nSPS) is 15.2. The topological polar surface area (TPSA) is 20.2 Å². The first kappa shape index (κ1) is 23.7. The van der Waals surface area contributed by atoms with Crippen molar-refractivity contribution in [3.05, 3.63) is 35.9 Å². The van der Waals surface area contributed by atoms with Gasteiger partial charge in [0.1, 0.15) is 18.9 Å². The first-order chi connectivity index (χ1) is 12.2. The molecule has 0 saturated carbocycles. The lowest BCUT2D eigenvalue weighted by atomic mass is 9.86. The van der Waals surface area contributed by atoms with E-state index in [0.717, 1.165) is 17.1 Å². The monoisotopic (exact) mass is 408 g/mol. The standard InChI is InChI=1S/C22H36OS2Si/c1-7-8-15-24-16-17-25-22(19(2)3,14-18-26(4,5)6)21(23)20-12-10-9-11-13-20/h9-13,19,21,23H,7-8,15-17H2,1-6H3. The fourth-order valence-corrected chi connectivity index (χ4v) is 5.86.